The molecule has 21 heavy (non-hydrogen) atoms. The Morgan fingerprint density at radius 3 is 2.67 bits per heavy atom. The molecule has 0 aliphatic heterocycles. The number of nitrogens with two attached hydrogens (primary N) is 1. The highest BCUT2D eigenvalue weighted by Gasteiger charge is 2.09. The Balaban J connectivity index is 2.23. The Kier molecular flexibility index (Phi) is 5.00. The molecule has 0 atom stereocenters. The third kappa shape index (κ3) is 4.10. The van der Waals surface area contributed by atoms with E-state index < -0.39 is 0 Å². The fraction of sp³-hybridized carbons (Fsp3) is 0.312. The molecule has 112 valence electrons. The molecular formula is C16H20N2O3. The molecule has 0 aliphatic carbocycles. The van der Waals surface area contributed by atoms with Crippen molar-refractivity contribution in [2.75, 3.05) is 12.3 Å². The fourth-order valence-corrected chi connectivity index (χ4v) is 1.85. The summed E-state index contributed by atoms with van der Waals surface area (Å²) in [6, 6.07) is 10.9. The molecule has 3 N–H and O–H groups in total. The van der Waals surface area contributed by atoms with Gasteiger partial charge in [0.2, 0.25) is 11.8 Å². The average molecular weight is 288 g/mol. The molecule has 0 unspecified atom stereocenters. The van der Waals surface area contributed by atoms with Crippen molar-refractivity contribution in [1.82, 2.24) is 4.98 Å². The smallest absolute Gasteiger partial charge is 0.240 e. The Bertz CT molecular complexity index is 600. The SMILES string of the molecule is CC(C)Oc1nc(Oc2ccccc2CCO)ccc1N. The Labute approximate surface area is 124 Å². The highest BCUT2D eigenvalue weighted by atomic mass is 16.5. The van der Waals surface area contributed by atoms with Crippen LogP contribution in [-0.2, 0) is 6.42 Å². The molecule has 0 aliphatic rings. The molecular weight excluding hydrogens is 268 g/mol. The van der Waals surface area contributed by atoms with Crippen LogP contribution in [0.1, 0.15) is 19.4 Å². The Morgan fingerprint density at radius 1 is 1.19 bits per heavy atom. The van der Waals surface area contributed by atoms with Crippen molar-refractivity contribution in [3.63, 3.8) is 0 Å². The van der Waals surface area contributed by atoms with Crippen LogP contribution >= 0.6 is 0 Å². The van der Waals surface area contributed by atoms with Crippen LogP contribution < -0.4 is 15.2 Å². The van der Waals surface area contributed by atoms with Crippen LogP contribution in [0.2, 0.25) is 0 Å². The molecule has 2 aromatic rings. The lowest BCUT2D eigenvalue weighted by molar-refractivity contribution is 0.232. The normalized spacial score (nSPS) is 10.7. The molecule has 0 amide bonds. The molecule has 1 heterocycles. The molecule has 5 heteroatoms. The maximum absolute atomic E-state index is 9.08. The second-order valence-electron chi connectivity index (χ2n) is 4.89. The minimum Gasteiger partial charge on any atom is -0.473 e. The first kappa shape index (κ1) is 15.1. The summed E-state index contributed by atoms with van der Waals surface area (Å²) in [6.07, 6.45) is 0.511. The van der Waals surface area contributed by atoms with E-state index in [9.17, 15) is 0 Å². The van der Waals surface area contributed by atoms with Gasteiger partial charge in [-0.05, 0) is 38.0 Å². The summed E-state index contributed by atoms with van der Waals surface area (Å²) in [5.41, 5.74) is 7.23. The lowest BCUT2D eigenvalue weighted by Gasteiger charge is -2.13. The van der Waals surface area contributed by atoms with Gasteiger partial charge in [0.15, 0.2) is 0 Å². The quantitative estimate of drug-likeness (QED) is 0.854. The predicted octanol–water partition coefficient (Wildman–Crippen LogP) is 2.78. The van der Waals surface area contributed by atoms with Gasteiger partial charge in [-0.1, -0.05) is 18.2 Å². The monoisotopic (exact) mass is 288 g/mol. The predicted molar refractivity (Wildman–Crippen MR) is 81.7 cm³/mol. The van der Waals surface area contributed by atoms with Gasteiger partial charge in [-0.15, -0.1) is 0 Å². The lowest BCUT2D eigenvalue weighted by atomic mass is 10.1. The number of pyridine rings is 1. The summed E-state index contributed by atoms with van der Waals surface area (Å²) in [5, 5.41) is 9.08. The highest BCUT2D eigenvalue weighted by Crippen LogP contribution is 2.28. The Morgan fingerprint density at radius 2 is 1.95 bits per heavy atom. The summed E-state index contributed by atoms with van der Waals surface area (Å²) in [4.78, 5) is 4.28. The summed E-state index contributed by atoms with van der Waals surface area (Å²) in [5.74, 6) is 1.44. The van der Waals surface area contributed by atoms with Crippen LogP contribution in [0.15, 0.2) is 36.4 Å². The lowest BCUT2D eigenvalue weighted by Crippen LogP contribution is -2.09. The van der Waals surface area contributed by atoms with Gasteiger partial charge in [0.05, 0.1) is 11.8 Å². The van der Waals surface area contributed by atoms with Gasteiger partial charge in [0.1, 0.15) is 5.75 Å². The van der Waals surface area contributed by atoms with Gasteiger partial charge in [0, 0.05) is 12.7 Å². The molecule has 0 saturated carbocycles. The zero-order valence-electron chi connectivity index (χ0n) is 12.2. The minimum atomic E-state index is -0.0169. The molecule has 0 saturated heterocycles. The number of nitrogens with zero attached hydrogens (tertiary/aromatic N) is 1. The fourth-order valence-electron chi connectivity index (χ4n) is 1.85. The number of nitrogen functional groups attached to an aromatic ring is 1. The van der Waals surface area contributed by atoms with Gasteiger partial charge in [-0.25, -0.2) is 0 Å². The van der Waals surface area contributed by atoms with E-state index in [2.05, 4.69) is 4.98 Å². The number of benzene rings is 1. The number of para-hydroxylation sites is 1. The summed E-state index contributed by atoms with van der Waals surface area (Å²) in [7, 11) is 0. The van der Waals surface area contributed by atoms with Crippen molar-refractivity contribution in [2.24, 2.45) is 0 Å². The van der Waals surface area contributed by atoms with Crippen molar-refractivity contribution in [1.29, 1.82) is 0 Å². The van der Waals surface area contributed by atoms with Gasteiger partial charge in [0.25, 0.3) is 0 Å². The van der Waals surface area contributed by atoms with Crippen molar-refractivity contribution in [3.05, 3.63) is 42.0 Å². The molecule has 5 nitrogen and oxygen atoms in total. The van der Waals surface area contributed by atoms with Gasteiger partial charge in [-0.3, -0.25) is 0 Å². The number of aromatic nitrogens is 1. The highest BCUT2D eigenvalue weighted by molar-refractivity contribution is 5.50. The summed E-state index contributed by atoms with van der Waals surface area (Å²) in [6.45, 7) is 3.88. The van der Waals surface area contributed by atoms with Crippen molar-refractivity contribution < 1.29 is 14.6 Å². The molecule has 1 aromatic carbocycles. The third-order valence-electron chi connectivity index (χ3n) is 2.78. The summed E-state index contributed by atoms with van der Waals surface area (Å²) >= 11 is 0. The third-order valence-corrected chi connectivity index (χ3v) is 2.78. The van der Waals surface area contributed by atoms with Crippen LogP contribution in [0, 0.1) is 0 Å². The number of anilines is 1. The molecule has 0 fully saturated rings. The molecule has 2 rings (SSSR count). The number of aliphatic hydroxyl groups is 1. The van der Waals surface area contributed by atoms with E-state index in [4.69, 9.17) is 20.3 Å². The first-order valence-corrected chi connectivity index (χ1v) is 6.90. The van der Waals surface area contributed by atoms with E-state index in [0.29, 0.717) is 29.6 Å². The zero-order chi connectivity index (χ0) is 15.2. The number of rotatable bonds is 6. The standard InChI is InChI=1S/C16H20N2O3/c1-11(2)20-16-13(17)7-8-15(18-16)21-14-6-4-3-5-12(14)9-10-19/h3-8,11,19H,9-10,17H2,1-2H3. The first-order valence-electron chi connectivity index (χ1n) is 6.90. The van der Waals surface area contributed by atoms with Crippen LogP contribution in [0.5, 0.6) is 17.5 Å². The van der Waals surface area contributed by atoms with Crippen molar-refractivity contribution in [2.45, 2.75) is 26.4 Å². The van der Waals surface area contributed by atoms with Crippen molar-refractivity contribution >= 4 is 5.69 Å². The number of aliphatic hydroxyl groups excluding tert-OH is 1. The first-order chi connectivity index (χ1) is 10.1. The number of ether oxygens (including phenoxy) is 2. The number of hydrogen-bond acceptors (Lipinski definition) is 5. The molecule has 0 radical (unpaired) electrons. The van der Waals surface area contributed by atoms with E-state index in [1.54, 1.807) is 12.1 Å². The van der Waals surface area contributed by atoms with E-state index in [-0.39, 0.29) is 12.7 Å². The zero-order valence-corrected chi connectivity index (χ0v) is 12.2. The van der Waals surface area contributed by atoms with Crippen molar-refractivity contribution in [3.8, 4) is 17.5 Å². The van der Waals surface area contributed by atoms with Gasteiger partial charge in [-0.2, -0.15) is 4.98 Å². The second-order valence-corrected chi connectivity index (χ2v) is 4.89. The van der Waals surface area contributed by atoms with Gasteiger partial charge >= 0.3 is 0 Å². The van der Waals surface area contributed by atoms with Gasteiger partial charge < -0.3 is 20.3 Å². The molecule has 0 spiro atoms. The Hall–Kier alpha value is -2.27. The van der Waals surface area contributed by atoms with E-state index in [0.717, 1.165) is 5.56 Å². The average Bonchev–Trinajstić information content (AvgIpc) is 2.44. The second kappa shape index (κ2) is 6.95. The van der Waals surface area contributed by atoms with Crippen LogP contribution in [-0.4, -0.2) is 22.8 Å². The van der Waals surface area contributed by atoms with Crippen LogP contribution in [0.25, 0.3) is 0 Å². The van der Waals surface area contributed by atoms with E-state index in [1.165, 1.54) is 0 Å². The maximum Gasteiger partial charge on any atom is 0.240 e. The molecule has 1 aromatic heterocycles. The molecule has 0 bridgehead atoms. The topological polar surface area (TPSA) is 77.6 Å². The minimum absolute atomic E-state index is 0.0169. The van der Waals surface area contributed by atoms with E-state index in [1.807, 2.05) is 38.1 Å². The van der Waals surface area contributed by atoms with Crippen LogP contribution in [0.3, 0.4) is 0 Å². The van der Waals surface area contributed by atoms with Crippen LogP contribution in [0.4, 0.5) is 5.69 Å². The maximum atomic E-state index is 9.08. The summed E-state index contributed by atoms with van der Waals surface area (Å²) < 4.78 is 11.3. The largest absolute Gasteiger partial charge is 0.473 e. The number of hydrogen-bond donors (Lipinski definition) is 2. The van der Waals surface area contributed by atoms with E-state index >= 15 is 0 Å².